The van der Waals surface area contributed by atoms with Gasteiger partial charge in [0.15, 0.2) is 0 Å². The molecule has 0 saturated heterocycles. The molecule has 1 aromatic heterocycles. The standard InChI is InChI=1S/C11H10Cl2N2O/c1-7-6-8(2-3-9(7)13)11-15-14-10(16-11)4-5-12/h2-3,6H,4-5H2,1H3. The second-order valence-corrected chi connectivity index (χ2v) is 4.19. The van der Waals surface area contributed by atoms with E-state index in [0.717, 1.165) is 16.1 Å². The lowest BCUT2D eigenvalue weighted by molar-refractivity contribution is 0.513. The maximum Gasteiger partial charge on any atom is 0.247 e. The fraction of sp³-hybridized carbons (Fsp3) is 0.273. The summed E-state index contributed by atoms with van der Waals surface area (Å²) < 4.78 is 5.46. The molecule has 3 nitrogen and oxygen atoms in total. The van der Waals surface area contributed by atoms with Gasteiger partial charge in [0.1, 0.15) is 0 Å². The van der Waals surface area contributed by atoms with E-state index in [1.54, 1.807) is 0 Å². The third-order valence-electron chi connectivity index (χ3n) is 2.18. The molecule has 0 atom stereocenters. The van der Waals surface area contributed by atoms with Gasteiger partial charge < -0.3 is 4.42 Å². The van der Waals surface area contributed by atoms with Crippen LogP contribution in [0.3, 0.4) is 0 Å². The van der Waals surface area contributed by atoms with Gasteiger partial charge in [-0.2, -0.15) is 0 Å². The molecule has 0 spiro atoms. The number of aromatic nitrogens is 2. The Labute approximate surface area is 103 Å². The molecule has 5 heteroatoms. The van der Waals surface area contributed by atoms with Gasteiger partial charge in [0, 0.05) is 22.9 Å². The van der Waals surface area contributed by atoms with Gasteiger partial charge in [0.25, 0.3) is 0 Å². The topological polar surface area (TPSA) is 38.9 Å². The lowest BCUT2D eigenvalue weighted by Gasteiger charge is -1.99. The molecule has 0 aliphatic rings. The molecule has 0 unspecified atom stereocenters. The van der Waals surface area contributed by atoms with Crippen molar-refractivity contribution in [2.45, 2.75) is 13.3 Å². The van der Waals surface area contributed by atoms with Crippen molar-refractivity contribution in [1.82, 2.24) is 10.2 Å². The highest BCUT2D eigenvalue weighted by molar-refractivity contribution is 6.31. The van der Waals surface area contributed by atoms with Crippen molar-refractivity contribution < 1.29 is 4.42 Å². The quantitative estimate of drug-likeness (QED) is 0.790. The molecular formula is C11H10Cl2N2O. The Morgan fingerprint density at radius 1 is 1.31 bits per heavy atom. The van der Waals surface area contributed by atoms with Crippen LogP contribution in [0.15, 0.2) is 22.6 Å². The number of alkyl halides is 1. The van der Waals surface area contributed by atoms with Gasteiger partial charge in [-0.15, -0.1) is 21.8 Å². The summed E-state index contributed by atoms with van der Waals surface area (Å²) in [5.74, 6) is 1.53. The Balaban J connectivity index is 2.31. The SMILES string of the molecule is Cc1cc(-c2nnc(CCCl)o2)ccc1Cl. The molecule has 2 aromatic rings. The van der Waals surface area contributed by atoms with Crippen molar-refractivity contribution in [3.05, 3.63) is 34.7 Å². The monoisotopic (exact) mass is 256 g/mol. The molecule has 0 N–H and O–H groups in total. The number of hydrogen-bond donors (Lipinski definition) is 0. The highest BCUT2D eigenvalue weighted by Crippen LogP contribution is 2.23. The van der Waals surface area contributed by atoms with E-state index in [1.165, 1.54) is 0 Å². The number of benzene rings is 1. The van der Waals surface area contributed by atoms with Crippen LogP contribution in [-0.2, 0) is 6.42 Å². The van der Waals surface area contributed by atoms with Gasteiger partial charge in [-0.1, -0.05) is 11.6 Å². The van der Waals surface area contributed by atoms with Crippen molar-refractivity contribution in [1.29, 1.82) is 0 Å². The first-order valence-corrected chi connectivity index (χ1v) is 5.77. The van der Waals surface area contributed by atoms with Crippen LogP contribution in [0, 0.1) is 6.92 Å². The van der Waals surface area contributed by atoms with Gasteiger partial charge >= 0.3 is 0 Å². The lowest BCUT2D eigenvalue weighted by atomic mass is 10.1. The molecule has 1 aromatic carbocycles. The van der Waals surface area contributed by atoms with E-state index in [4.69, 9.17) is 27.6 Å². The van der Waals surface area contributed by atoms with Crippen LogP contribution in [0.25, 0.3) is 11.5 Å². The minimum atomic E-state index is 0.473. The molecule has 0 amide bonds. The minimum Gasteiger partial charge on any atom is -0.421 e. The van der Waals surface area contributed by atoms with E-state index in [-0.39, 0.29) is 0 Å². The van der Waals surface area contributed by atoms with E-state index >= 15 is 0 Å². The molecule has 0 bridgehead atoms. The summed E-state index contributed by atoms with van der Waals surface area (Å²) in [5, 5.41) is 8.58. The Bertz CT molecular complexity index is 496. The smallest absolute Gasteiger partial charge is 0.247 e. The molecule has 0 aliphatic heterocycles. The van der Waals surface area contributed by atoms with Crippen LogP contribution in [0.5, 0.6) is 0 Å². The third kappa shape index (κ3) is 2.36. The summed E-state index contributed by atoms with van der Waals surface area (Å²) in [5.41, 5.74) is 1.85. The van der Waals surface area contributed by atoms with Crippen molar-refractivity contribution in [2.75, 3.05) is 5.88 Å². The highest BCUT2D eigenvalue weighted by Gasteiger charge is 2.08. The van der Waals surface area contributed by atoms with Crippen LogP contribution in [0.4, 0.5) is 0 Å². The Morgan fingerprint density at radius 2 is 2.12 bits per heavy atom. The molecule has 0 saturated carbocycles. The number of nitrogens with zero attached hydrogens (tertiary/aromatic N) is 2. The maximum atomic E-state index is 5.94. The summed E-state index contributed by atoms with van der Waals surface area (Å²) in [6.07, 6.45) is 0.584. The second-order valence-electron chi connectivity index (χ2n) is 3.40. The zero-order chi connectivity index (χ0) is 11.5. The first-order chi connectivity index (χ1) is 7.70. The van der Waals surface area contributed by atoms with E-state index in [2.05, 4.69) is 10.2 Å². The fourth-order valence-electron chi connectivity index (χ4n) is 1.33. The number of halogens is 2. The average molecular weight is 257 g/mol. The molecular weight excluding hydrogens is 247 g/mol. The van der Waals surface area contributed by atoms with Gasteiger partial charge in [-0.25, -0.2) is 0 Å². The molecule has 0 fully saturated rings. The molecule has 0 aliphatic carbocycles. The van der Waals surface area contributed by atoms with Crippen LogP contribution in [0.2, 0.25) is 5.02 Å². The van der Waals surface area contributed by atoms with Gasteiger partial charge in [0.05, 0.1) is 0 Å². The second kappa shape index (κ2) is 4.85. The largest absolute Gasteiger partial charge is 0.421 e. The highest BCUT2D eigenvalue weighted by atomic mass is 35.5. The lowest BCUT2D eigenvalue weighted by Crippen LogP contribution is -1.84. The van der Waals surface area contributed by atoms with Crippen molar-refractivity contribution in [3.63, 3.8) is 0 Å². The van der Waals surface area contributed by atoms with Crippen molar-refractivity contribution >= 4 is 23.2 Å². The molecule has 0 radical (unpaired) electrons. The third-order valence-corrected chi connectivity index (χ3v) is 2.79. The first-order valence-electron chi connectivity index (χ1n) is 4.85. The van der Waals surface area contributed by atoms with E-state index in [0.29, 0.717) is 24.1 Å². The van der Waals surface area contributed by atoms with E-state index in [9.17, 15) is 0 Å². The maximum absolute atomic E-state index is 5.94. The molecule has 2 rings (SSSR count). The van der Waals surface area contributed by atoms with Gasteiger partial charge in [-0.3, -0.25) is 0 Å². The predicted molar refractivity (Wildman–Crippen MR) is 63.9 cm³/mol. The number of rotatable bonds is 3. The summed E-state index contributed by atoms with van der Waals surface area (Å²) in [6.45, 7) is 1.93. The summed E-state index contributed by atoms with van der Waals surface area (Å²) in [7, 11) is 0. The van der Waals surface area contributed by atoms with Gasteiger partial charge in [0.2, 0.25) is 11.8 Å². The predicted octanol–water partition coefficient (Wildman–Crippen LogP) is 3.48. The van der Waals surface area contributed by atoms with Crippen LogP contribution >= 0.6 is 23.2 Å². The normalized spacial score (nSPS) is 10.7. The summed E-state index contributed by atoms with van der Waals surface area (Å²) in [4.78, 5) is 0. The first kappa shape index (κ1) is 11.4. The number of aryl methyl sites for hydroxylation is 2. The fourth-order valence-corrected chi connectivity index (χ4v) is 1.61. The van der Waals surface area contributed by atoms with E-state index < -0.39 is 0 Å². The molecule has 1 heterocycles. The Hall–Kier alpha value is -1.06. The van der Waals surface area contributed by atoms with Crippen molar-refractivity contribution in [2.24, 2.45) is 0 Å². The molecule has 84 valence electrons. The Kier molecular flexibility index (Phi) is 3.46. The zero-order valence-corrected chi connectivity index (χ0v) is 10.2. The average Bonchev–Trinajstić information content (AvgIpc) is 2.71. The van der Waals surface area contributed by atoms with Crippen LogP contribution in [0.1, 0.15) is 11.5 Å². The van der Waals surface area contributed by atoms with Crippen molar-refractivity contribution in [3.8, 4) is 11.5 Å². The van der Waals surface area contributed by atoms with Crippen LogP contribution < -0.4 is 0 Å². The molecule has 16 heavy (non-hydrogen) atoms. The summed E-state index contributed by atoms with van der Waals surface area (Å²) in [6, 6.07) is 5.59. The van der Waals surface area contributed by atoms with Gasteiger partial charge in [-0.05, 0) is 30.7 Å². The van der Waals surface area contributed by atoms with E-state index in [1.807, 2.05) is 25.1 Å². The minimum absolute atomic E-state index is 0.473. The van der Waals surface area contributed by atoms with Crippen LogP contribution in [-0.4, -0.2) is 16.1 Å². The summed E-state index contributed by atoms with van der Waals surface area (Å²) >= 11 is 11.5. The number of hydrogen-bond acceptors (Lipinski definition) is 3. The zero-order valence-electron chi connectivity index (χ0n) is 8.70. The Morgan fingerprint density at radius 3 is 2.81 bits per heavy atom.